The smallest absolute Gasteiger partial charge is 0.404 e. The molecule has 1 aromatic carbocycles. The summed E-state index contributed by atoms with van der Waals surface area (Å²) in [5.74, 6) is -0.0604. The van der Waals surface area contributed by atoms with Crippen LogP contribution in [-0.4, -0.2) is 17.6 Å². The fraction of sp³-hybridized carbons (Fsp3) is 0.571. The molecule has 1 aromatic rings. The molecule has 0 amide bonds. The van der Waals surface area contributed by atoms with Crippen LogP contribution in [0.5, 0.6) is 5.75 Å². The van der Waals surface area contributed by atoms with Gasteiger partial charge >= 0.3 is 6.36 Å². The van der Waals surface area contributed by atoms with Crippen molar-refractivity contribution in [2.75, 3.05) is 0 Å². The zero-order chi connectivity index (χ0) is 16.2. The highest BCUT2D eigenvalue weighted by molar-refractivity contribution is 6.32. The van der Waals surface area contributed by atoms with E-state index in [4.69, 9.17) is 17.3 Å². The van der Waals surface area contributed by atoms with Crippen LogP contribution in [0, 0.1) is 5.92 Å². The largest absolute Gasteiger partial charge is 0.573 e. The van der Waals surface area contributed by atoms with Gasteiger partial charge in [0, 0.05) is 0 Å². The summed E-state index contributed by atoms with van der Waals surface area (Å²) in [7, 11) is 0. The van der Waals surface area contributed by atoms with Crippen molar-refractivity contribution in [1.82, 2.24) is 0 Å². The van der Waals surface area contributed by atoms with Gasteiger partial charge in [-0.2, -0.15) is 0 Å². The van der Waals surface area contributed by atoms with Crippen LogP contribution in [0.2, 0.25) is 5.02 Å². The average molecular weight is 326 g/mol. The van der Waals surface area contributed by atoms with Crippen molar-refractivity contribution in [3.05, 3.63) is 28.8 Å². The van der Waals surface area contributed by atoms with Gasteiger partial charge in [-0.25, -0.2) is 0 Å². The number of halogens is 4. The Morgan fingerprint density at radius 2 is 1.90 bits per heavy atom. The molecule has 1 rings (SSSR count). The van der Waals surface area contributed by atoms with Crippen molar-refractivity contribution in [2.24, 2.45) is 11.7 Å². The Bertz CT molecular complexity index is 466. The molecule has 120 valence electrons. The predicted molar refractivity (Wildman–Crippen MR) is 75.1 cm³/mol. The number of aliphatic hydroxyl groups excluding tert-OH is 1. The van der Waals surface area contributed by atoms with E-state index in [9.17, 15) is 18.3 Å². The van der Waals surface area contributed by atoms with Crippen LogP contribution in [0.25, 0.3) is 0 Å². The summed E-state index contributed by atoms with van der Waals surface area (Å²) in [5.41, 5.74) is 6.36. The third kappa shape index (κ3) is 6.11. The molecule has 0 heterocycles. The summed E-state index contributed by atoms with van der Waals surface area (Å²) in [5, 5.41) is 9.79. The second-order valence-corrected chi connectivity index (χ2v) is 5.71. The normalized spacial score (nSPS) is 15.1. The van der Waals surface area contributed by atoms with E-state index in [-0.39, 0.29) is 5.02 Å². The molecule has 0 aliphatic rings. The lowest BCUT2D eigenvalue weighted by molar-refractivity contribution is -0.274. The molecule has 0 unspecified atom stereocenters. The maximum absolute atomic E-state index is 12.1. The summed E-state index contributed by atoms with van der Waals surface area (Å²) in [4.78, 5) is 0. The van der Waals surface area contributed by atoms with E-state index in [1.165, 1.54) is 12.1 Å². The molecule has 3 nitrogen and oxygen atoms in total. The summed E-state index contributed by atoms with van der Waals surface area (Å²) in [6, 6.07) is 3.05. The zero-order valence-electron chi connectivity index (χ0n) is 11.8. The van der Waals surface area contributed by atoms with Gasteiger partial charge < -0.3 is 15.6 Å². The molecule has 7 heteroatoms. The molecule has 0 spiro atoms. The van der Waals surface area contributed by atoms with Crippen LogP contribution in [0.15, 0.2) is 18.2 Å². The van der Waals surface area contributed by atoms with Crippen molar-refractivity contribution in [3.8, 4) is 5.75 Å². The Hall–Kier alpha value is -0.980. The molecule has 0 fully saturated rings. The van der Waals surface area contributed by atoms with Crippen molar-refractivity contribution in [2.45, 2.75) is 45.2 Å². The average Bonchev–Trinajstić information content (AvgIpc) is 2.36. The Labute approximate surface area is 126 Å². The molecule has 2 atom stereocenters. The first-order chi connectivity index (χ1) is 9.60. The number of hydrogen-bond donors (Lipinski definition) is 2. The van der Waals surface area contributed by atoms with E-state index >= 15 is 0 Å². The first-order valence-electron chi connectivity index (χ1n) is 6.59. The van der Waals surface area contributed by atoms with E-state index in [0.29, 0.717) is 17.9 Å². The summed E-state index contributed by atoms with van der Waals surface area (Å²) in [6.07, 6.45) is -4.27. The van der Waals surface area contributed by atoms with Crippen molar-refractivity contribution >= 4 is 11.6 Å². The summed E-state index contributed by atoms with van der Waals surface area (Å²) >= 11 is 5.75. The Morgan fingerprint density at radius 3 is 2.38 bits per heavy atom. The van der Waals surface area contributed by atoms with Gasteiger partial charge in [-0.1, -0.05) is 31.5 Å². The highest BCUT2D eigenvalue weighted by Gasteiger charge is 2.32. The molecule has 0 aliphatic carbocycles. The number of ether oxygens (including phenoxy) is 1. The topological polar surface area (TPSA) is 55.5 Å². The number of nitrogens with two attached hydrogens (primary N) is 1. The van der Waals surface area contributed by atoms with Crippen LogP contribution in [0.4, 0.5) is 13.2 Å². The lowest BCUT2D eigenvalue weighted by Crippen LogP contribution is -2.26. The van der Waals surface area contributed by atoms with Gasteiger partial charge in [0.25, 0.3) is 0 Å². The van der Waals surface area contributed by atoms with Gasteiger partial charge in [-0.15, -0.1) is 13.2 Å². The van der Waals surface area contributed by atoms with Crippen LogP contribution in [0.3, 0.4) is 0 Å². The van der Waals surface area contributed by atoms with Gasteiger partial charge in [0.05, 0.1) is 17.2 Å². The third-order valence-electron chi connectivity index (χ3n) is 3.02. The van der Waals surface area contributed by atoms with Crippen LogP contribution >= 0.6 is 11.6 Å². The predicted octanol–water partition coefficient (Wildman–Crippen LogP) is 4.04. The van der Waals surface area contributed by atoms with Crippen molar-refractivity contribution in [3.63, 3.8) is 0 Å². The monoisotopic (exact) mass is 325 g/mol. The number of rotatable bonds is 6. The standard InChI is InChI=1S/C14H19ClF3NO2/c1-8(2)3-5-11(20)13(19)9-4-6-12(10(15)7-9)21-14(16,17)18/h4,6-8,11,13,20H,3,5,19H2,1-2H3/t11-,13+/m0/s1. The van der Waals surface area contributed by atoms with Crippen LogP contribution < -0.4 is 10.5 Å². The summed E-state index contributed by atoms with van der Waals surface area (Å²) in [6.45, 7) is 4.05. The van der Waals surface area contributed by atoms with E-state index in [1.807, 2.05) is 13.8 Å². The summed E-state index contributed by atoms with van der Waals surface area (Å²) < 4.78 is 40.2. The van der Waals surface area contributed by atoms with Gasteiger partial charge in [0.1, 0.15) is 5.75 Å². The molecule has 0 saturated carbocycles. The molecule has 3 N–H and O–H groups in total. The lowest BCUT2D eigenvalue weighted by Gasteiger charge is -2.21. The van der Waals surface area contributed by atoms with Crippen molar-refractivity contribution < 1.29 is 23.0 Å². The third-order valence-corrected chi connectivity index (χ3v) is 3.32. The SMILES string of the molecule is CC(C)CC[C@H](O)[C@H](N)c1ccc(OC(F)(F)F)c(Cl)c1. The minimum atomic E-state index is -4.80. The molecule has 0 saturated heterocycles. The van der Waals surface area contributed by atoms with Crippen molar-refractivity contribution in [1.29, 1.82) is 0 Å². The second-order valence-electron chi connectivity index (χ2n) is 5.30. The van der Waals surface area contributed by atoms with Crippen LogP contribution in [-0.2, 0) is 0 Å². The lowest BCUT2D eigenvalue weighted by atomic mass is 9.96. The first-order valence-corrected chi connectivity index (χ1v) is 6.96. The van der Waals surface area contributed by atoms with Gasteiger partial charge in [0.2, 0.25) is 0 Å². The minimum absolute atomic E-state index is 0.198. The van der Waals surface area contributed by atoms with E-state index in [2.05, 4.69) is 4.74 Å². The second kappa shape index (κ2) is 7.33. The van der Waals surface area contributed by atoms with E-state index in [1.54, 1.807) is 0 Å². The van der Waals surface area contributed by atoms with E-state index < -0.39 is 24.3 Å². The quantitative estimate of drug-likeness (QED) is 0.830. The molecular formula is C14H19ClF3NO2. The Balaban J connectivity index is 2.78. The highest BCUT2D eigenvalue weighted by atomic mass is 35.5. The Kier molecular flexibility index (Phi) is 6.31. The van der Waals surface area contributed by atoms with Crippen LogP contribution in [0.1, 0.15) is 38.3 Å². The van der Waals surface area contributed by atoms with Gasteiger partial charge in [0.15, 0.2) is 0 Å². The maximum Gasteiger partial charge on any atom is 0.573 e. The molecule has 0 aliphatic heterocycles. The molecule has 0 radical (unpaired) electrons. The molecular weight excluding hydrogens is 307 g/mol. The Morgan fingerprint density at radius 1 is 1.29 bits per heavy atom. The number of benzene rings is 1. The number of aliphatic hydroxyl groups is 1. The fourth-order valence-electron chi connectivity index (χ4n) is 1.84. The van der Waals surface area contributed by atoms with E-state index in [0.717, 1.165) is 12.5 Å². The maximum atomic E-state index is 12.1. The highest BCUT2D eigenvalue weighted by Crippen LogP contribution is 2.32. The van der Waals surface area contributed by atoms with Gasteiger partial charge in [-0.05, 0) is 36.5 Å². The zero-order valence-corrected chi connectivity index (χ0v) is 12.6. The minimum Gasteiger partial charge on any atom is -0.404 e. The first kappa shape index (κ1) is 18.1. The number of alkyl halides is 3. The molecule has 0 aromatic heterocycles. The molecule has 0 bridgehead atoms. The molecule has 21 heavy (non-hydrogen) atoms. The van der Waals surface area contributed by atoms with Gasteiger partial charge in [-0.3, -0.25) is 0 Å². The fourth-order valence-corrected chi connectivity index (χ4v) is 2.07. The number of hydrogen-bond acceptors (Lipinski definition) is 3.